The molecule has 0 unspecified atom stereocenters. The Morgan fingerprint density at radius 3 is 2.50 bits per heavy atom. The zero-order valence-electron chi connectivity index (χ0n) is 25.3. The molecule has 12 nitrogen and oxygen atoms in total. The quantitative estimate of drug-likeness (QED) is 0.409. The summed E-state index contributed by atoms with van der Waals surface area (Å²) in [6.07, 6.45) is 3.44. The van der Waals surface area contributed by atoms with E-state index in [1.807, 2.05) is 20.8 Å². The molecule has 14 heteroatoms. The lowest BCUT2D eigenvalue weighted by atomic mass is 10.00. The highest BCUT2D eigenvalue weighted by atomic mass is 19.1. The van der Waals surface area contributed by atoms with Crippen LogP contribution in [0.2, 0.25) is 0 Å². The van der Waals surface area contributed by atoms with Gasteiger partial charge in [-0.1, -0.05) is 0 Å². The lowest BCUT2D eigenvalue weighted by Gasteiger charge is -2.41. The van der Waals surface area contributed by atoms with E-state index in [4.69, 9.17) is 9.15 Å². The van der Waals surface area contributed by atoms with Crippen molar-refractivity contribution >= 4 is 40.9 Å². The average molecular weight is 614 g/mol. The number of ether oxygens (including phenoxy) is 1. The molecule has 1 N–H and O–H groups in total. The zero-order valence-corrected chi connectivity index (χ0v) is 25.3. The maximum atomic E-state index is 14.1. The van der Waals surface area contributed by atoms with Gasteiger partial charge in [0.2, 0.25) is 0 Å². The lowest BCUT2D eigenvalue weighted by molar-refractivity contribution is -0.115. The molecule has 3 saturated heterocycles. The Morgan fingerprint density at radius 2 is 1.89 bits per heavy atom. The monoisotopic (exact) mass is 613 g/mol. The van der Waals surface area contributed by atoms with Crippen LogP contribution >= 0.6 is 0 Å². The minimum Gasteiger partial charge on any atom is -0.444 e. The summed E-state index contributed by atoms with van der Waals surface area (Å²) in [6, 6.07) is 2.71. The second-order valence-corrected chi connectivity index (χ2v) is 12.4. The van der Waals surface area contributed by atoms with E-state index in [1.165, 1.54) is 23.2 Å². The summed E-state index contributed by atoms with van der Waals surface area (Å²) in [4.78, 5) is 52.3. The van der Waals surface area contributed by atoms with Gasteiger partial charge in [-0.3, -0.25) is 9.69 Å². The van der Waals surface area contributed by atoms with Crippen molar-refractivity contribution in [2.75, 3.05) is 56.0 Å². The number of oxazole rings is 1. The minimum absolute atomic E-state index is 0.00696. The van der Waals surface area contributed by atoms with Crippen LogP contribution in [0.1, 0.15) is 43.6 Å². The number of carbonyl (C=O) groups is 3. The number of alkyl halides is 1. The predicted molar refractivity (Wildman–Crippen MR) is 158 cm³/mol. The van der Waals surface area contributed by atoms with Gasteiger partial charge < -0.3 is 29.1 Å². The summed E-state index contributed by atoms with van der Waals surface area (Å²) in [7, 11) is 0. The van der Waals surface area contributed by atoms with Crippen LogP contribution in [-0.4, -0.2) is 101 Å². The fourth-order valence-electron chi connectivity index (χ4n) is 5.23. The van der Waals surface area contributed by atoms with Gasteiger partial charge in [-0.15, -0.1) is 0 Å². The lowest BCUT2D eigenvalue weighted by Crippen LogP contribution is -2.52. The topological polar surface area (TPSA) is 134 Å². The average Bonchev–Trinajstić information content (AvgIpc) is 3.49. The largest absolute Gasteiger partial charge is 0.444 e. The Bertz CT molecular complexity index is 1500. The van der Waals surface area contributed by atoms with Crippen molar-refractivity contribution in [2.24, 2.45) is 11.8 Å². The minimum atomic E-state index is -0.695. The van der Waals surface area contributed by atoms with Crippen LogP contribution in [0.3, 0.4) is 0 Å². The third-order valence-corrected chi connectivity index (χ3v) is 7.45. The van der Waals surface area contributed by atoms with Crippen molar-refractivity contribution in [2.45, 2.75) is 45.9 Å². The van der Waals surface area contributed by atoms with E-state index in [0.29, 0.717) is 43.7 Å². The number of nitrogens with zero attached hydrogens (tertiary/aromatic N) is 6. The molecule has 5 heterocycles. The number of aromatic nitrogens is 3. The first-order valence-corrected chi connectivity index (χ1v) is 14.6. The first-order valence-electron chi connectivity index (χ1n) is 14.6. The summed E-state index contributed by atoms with van der Waals surface area (Å²) < 4.78 is 37.9. The van der Waals surface area contributed by atoms with Crippen LogP contribution in [0.15, 0.2) is 28.9 Å². The number of amides is 2. The van der Waals surface area contributed by atoms with E-state index in [9.17, 15) is 23.2 Å². The number of fused-ring (bicyclic) bond motifs is 1. The molecule has 2 aromatic heterocycles. The molecule has 44 heavy (non-hydrogen) atoms. The van der Waals surface area contributed by atoms with Crippen molar-refractivity contribution in [3.8, 4) is 0 Å². The first kappa shape index (κ1) is 31.2. The number of hydrogen-bond donors (Lipinski definition) is 1. The van der Waals surface area contributed by atoms with Gasteiger partial charge in [0.05, 0.1) is 18.3 Å². The van der Waals surface area contributed by atoms with Gasteiger partial charge in [0, 0.05) is 70.4 Å². The first-order chi connectivity index (χ1) is 20.9. The Labute approximate surface area is 253 Å². The predicted octanol–water partition coefficient (Wildman–Crippen LogP) is 3.85. The highest BCUT2D eigenvalue weighted by Crippen LogP contribution is 2.26. The van der Waals surface area contributed by atoms with Crippen molar-refractivity contribution in [3.05, 3.63) is 41.9 Å². The molecule has 3 fully saturated rings. The van der Waals surface area contributed by atoms with Crippen LogP contribution in [-0.2, 0) is 9.53 Å². The molecule has 0 bridgehead atoms. The summed E-state index contributed by atoms with van der Waals surface area (Å²) in [6.45, 7) is 12.0. The summed E-state index contributed by atoms with van der Waals surface area (Å²) in [5.74, 6) is 0.466. The van der Waals surface area contributed by atoms with Crippen LogP contribution in [0.4, 0.5) is 25.1 Å². The van der Waals surface area contributed by atoms with Gasteiger partial charge in [0.15, 0.2) is 17.3 Å². The molecule has 0 spiro atoms. The van der Waals surface area contributed by atoms with Crippen LogP contribution in [0.25, 0.3) is 11.1 Å². The Kier molecular flexibility index (Phi) is 9.09. The number of likely N-dealkylation sites (tertiary alicyclic amines) is 2. The Balaban J connectivity index is 0.000000249. The summed E-state index contributed by atoms with van der Waals surface area (Å²) >= 11 is 0. The van der Waals surface area contributed by atoms with Crippen LogP contribution in [0, 0.1) is 24.6 Å². The van der Waals surface area contributed by atoms with Crippen molar-refractivity contribution in [3.63, 3.8) is 0 Å². The van der Waals surface area contributed by atoms with Crippen molar-refractivity contribution in [1.82, 2.24) is 24.8 Å². The molecular weight excluding hydrogens is 576 g/mol. The molecule has 3 aliphatic rings. The number of anilines is 2. The molecule has 1 atom stereocenters. The van der Waals surface area contributed by atoms with Gasteiger partial charge in [0.1, 0.15) is 35.1 Å². The number of halogens is 2. The maximum Gasteiger partial charge on any atom is 0.410 e. The van der Waals surface area contributed by atoms with Gasteiger partial charge in [-0.2, -0.15) is 0 Å². The third kappa shape index (κ3) is 7.65. The van der Waals surface area contributed by atoms with E-state index >= 15 is 0 Å². The molecule has 3 aliphatic heterocycles. The zero-order chi connectivity index (χ0) is 31.6. The van der Waals surface area contributed by atoms with Crippen molar-refractivity contribution < 1.29 is 32.3 Å². The van der Waals surface area contributed by atoms with E-state index in [-0.39, 0.29) is 34.5 Å². The van der Waals surface area contributed by atoms with Gasteiger partial charge in [-0.25, -0.2) is 28.5 Å². The molecular formula is C30H37F2N7O5. The van der Waals surface area contributed by atoms with E-state index in [1.54, 1.807) is 13.1 Å². The van der Waals surface area contributed by atoms with Gasteiger partial charge in [-0.05, 0) is 33.3 Å². The fraction of sp³-hybridized carbons (Fsp3) is 0.533. The Hall–Kier alpha value is -4.20. The molecule has 0 radical (unpaired) electrons. The number of aryl methyl sites for hydroxylation is 1. The third-order valence-electron chi connectivity index (χ3n) is 7.45. The van der Waals surface area contributed by atoms with Crippen LogP contribution in [0.5, 0.6) is 0 Å². The molecule has 236 valence electrons. The van der Waals surface area contributed by atoms with Crippen LogP contribution < -0.4 is 10.2 Å². The summed E-state index contributed by atoms with van der Waals surface area (Å²) in [5.41, 5.74) is 0.309. The number of rotatable bonds is 6. The normalized spacial score (nSPS) is 19.2. The molecule has 0 saturated carbocycles. The highest BCUT2D eigenvalue weighted by molar-refractivity contribution is 6.03. The fourth-order valence-corrected chi connectivity index (χ4v) is 5.23. The van der Waals surface area contributed by atoms with Gasteiger partial charge in [0.25, 0.3) is 5.91 Å². The number of hydrogen-bond acceptors (Lipinski definition) is 10. The standard InChI is InChI=1S/C21H22F2N6O2.C9H15NO3/c1-12-26-20-16(23)4-15(5-18(20)31-12)27-21(30)17-6-25-19(7-24-17)29-9-13(10-29)8-28-3-2-14(22)11-28;1-9(2,3)13-8(12)10-4-7(5-10)6-11/h4-7,13-14H,2-3,8-11H2,1H3,(H,27,30);6-7H,4-5H2,1-3H3/t14-;/m1./s1. The number of aldehydes is 1. The highest BCUT2D eigenvalue weighted by Gasteiger charge is 2.34. The molecule has 3 aromatic rings. The smallest absolute Gasteiger partial charge is 0.410 e. The molecule has 1 aromatic carbocycles. The second kappa shape index (κ2) is 12.8. The van der Waals surface area contributed by atoms with E-state index in [2.05, 4.69) is 30.1 Å². The second-order valence-electron chi connectivity index (χ2n) is 12.4. The molecule has 6 rings (SSSR count). The van der Waals surface area contributed by atoms with E-state index in [0.717, 1.165) is 32.5 Å². The summed E-state index contributed by atoms with van der Waals surface area (Å²) in [5, 5.41) is 2.61. The number of nitrogens with one attached hydrogen (secondary N) is 1. The maximum absolute atomic E-state index is 14.1. The number of benzene rings is 1. The number of carbonyl (C=O) groups excluding carboxylic acids is 3. The Morgan fingerprint density at radius 1 is 1.14 bits per heavy atom. The molecule has 0 aliphatic carbocycles. The molecule has 2 amide bonds. The van der Waals surface area contributed by atoms with Gasteiger partial charge >= 0.3 is 6.09 Å². The van der Waals surface area contributed by atoms with E-state index < -0.39 is 23.5 Å². The SMILES string of the molecule is CC(C)(C)OC(=O)N1CC(C=O)C1.Cc1nc2c(F)cc(NC(=O)c3cnc(N4CC(CN5CC[C@@H](F)C5)C4)cn3)cc2o1. The van der Waals surface area contributed by atoms with Crippen molar-refractivity contribution in [1.29, 1.82) is 0 Å².